The van der Waals surface area contributed by atoms with Crippen LogP contribution in [0.15, 0.2) is 46.9 Å². The van der Waals surface area contributed by atoms with Crippen molar-refractivity contribution in [2.45, 2.75) is 19.9 Å². The van der Waals surface area contributed by atoms with E-state index in [0.29, 0.717) is 6.61 Å². The number of ether oxygens (including phenoxy) is 1. The highest BCUT2D eigenvalue weighted by Gasteiger charge is 2.15. The standard InChI is InChI=1S/C16H19BrN2O/c1-3-20-14-8-5-12(6-9-14)16(19-18)15-10-13(17)7-4-11(15)2/h4-10,16,19H,3,18H2,1-2H3. The van der Waals surface area contributed by atoms with E-state index in [1.165, 1.54) is 5.56 Å². The zero-order valence-corrected chi connectivity index (χ0v) is 13.3. The fourth-order valence-corrected chi connectivity index (χ4v) is 2.59. The SMILES string of the molecule is CCOc1ccc(C(NN)c2cc(Br)ccc2C)cc1. The van der Waals surface area contributed by atoms with E-state index in [-0.39, 0.29) is 6.04 Å². The maximum Gasteiger partial charge on any atom is 0.119 e. The molecule has 0 saturated carbocycles. The lowest BCUT2D eigenvalue weighted by atomic mass is 9.95. The first-order chi connectivity index (χ1) is 9.65. The second-order valence-corrected chi connectivity index (χ2v) is 5.52. The molecule has 106 valence electrons. The molecule has 4 heteroatoms. The summed E-state index contributed by atoms with van der Waals surface area (Å²) < 4.78 is 6.51. The molecule has 0 radical (unpaired) electrons. The van der Waals surface area contributed by atoms with Gasteiger partial charge < -0.3 is 4.74 Å². The lowest BCUT2D eigenvalue weighted by Gasteiger charge is -2.19. The van der Waals surface area contributed by atoms with Crippen LogP contribution in [0.25, 0.3) is 0 Å². The predicted molar refractivity (Wildman–Crippen MR) is 85.7 cm³/mol. The Morgan fingerprint density at radius 1 is 1.20 bits per heavy atom. The molecular weight excluding hydrogens is 316 g/mol. The van der Waals surface area contributed by atoms with Gasteiger partial charge in [-0.15, -0.1) is 0 Å². The van der Waals surface area contributed by atoms with Gasteiger partial charge in [0.05, 0.1) is 12.6 Å². The molecule has 0 amide bonds. The molecule has 0 aromatic heterocycles. The van der Waals surface area contributed by atoms with Crippen LogP contribution in [-0.4, -0.2) is 6.61 Å². The number of halogens is 1. The fraction of sp³-hybridized carbons (Fsp3) is 0.250. The summed E-state index contributed by atoms with van der Waals surface area (Å²) in [6, 6.07) is 14.2. The van der Waals surface area contributed by atoms with E-state index in [1.54, 1.807) is 0 Å². The van der Waals surface area contributed by atoms with Crippen molar-refractivity contribution in [2.24, 2.45) is 5.84 Å². The highest BCUT2D eigenvalue weighted by atomic mass is 79.9. The summed E-state index contributed by atoms with van der Waals surface area (Å²) in [5.41, 5.74) is 6.36. The van der Waals surface area contributed by atoms with Crippen molar-refractivity contribution in [2.75, 3.05) is 6.61 Å². The van der Waals surface area contributed by atoms with Gasteiger partial charge in [-0.05, 0) is 54.8 Å². The molecule has 1 atom stereocenters. The summed E-state index contributed by atoms with van der Waals surface area (Å²) in [6.45, 7) is 4.73. The molecule has 2 aromatic rings. The molecule has 0 bridgehead atoms. The molecular formula is C16H19BrN2O. The number of hydrazine groups is 1. The minimum atomic E-state index is -0.0387. The molecule has 2 aromatic carbocycles. The Hall–Kier alpha value is -1.36. The lowest BCUT2D eigenvalue weighted by Crippen LogP contribution is -2.29. The van der Waals surface area contributed by atoms with Crippen molar-refractivity contribution in [3.63, 3.8) is 0 Å². The molecule has 0 spiro atoms. The van der Waals surface area contributed by atoms with Gasteiger partial charge in [-0.3, -0.25) is 5.84 Å². The molecule has 0 saturated heterocycles. The smallest absolute Gasteiger partial charge is 0.119 e. The van der Waals surface area contributed by atoms with Crippen LogP contribution in [0.2, 0.25) is 0 Å². The quantitative estimate of drug-likeness (QED) is 0.647. The van der Waals surface area contributed by atoms with E-state index in [1.807, 2.05) is 37.3 Å². The van der Waals surface area contributed by atoms with Gasteiger partial charge in [0.1, 0.15) is 5.75 Å². The molecule has 2 rings (SSSR count). The topological polar surface area (TPSA) is 47.3 Å². The predicted octanol–water partition coefficient (Wildman–Crippen LogP) is 3.71. The van der Waals surface area contributed by atoms with Crippen LogP contribution in [0.1, 0.15) is 29.7 Å². The zero-order valence-electron chi connectivity index (χ0n) is 11.7. The van der Waals surface area contributed by atoms with Crippen LogP contribution >= 0.6 is 15.9 Å². The maximum absolute atomic E-state index is 5.76. The van der Waals surface area contributed by atoms with Crippen molar-refractivity contribution in [1.82, 2.24) is 5.43 Å². The van der Waals surface area contributed by atoms with Gasteiger partial charge in [0.2, 0.25) is 0 Å². The normalized spacial score (nSPS) is 12.2. The molecule has 3 N–H and O–H groups in total. The van der Waals surface area contributed by atoms with Gasteiger partial charge in [-0.2, -0.15) is 0 Å². The van der Waals surface area contributed by atoms with Crippen LogP contribution in [0.3, 0.4) is 0 Å². The molecule has 0 aliphatic carbocycles. The summed E-state index contributed by atoms with van der Waals surface area (Å²) in [5, 5.41) is 0. The second kappa shape index (κ2) is 6.88. The van der Waals surface area contributed by atoms with Crippen LogP contribution < -0.4 is 16.0 Å². The Kier molecular flexibility index (Phi) is 5.17. The lowest BCUT2D eigenvalue weighted by molar-refractivity contribution is 0.340. The van der Waals surface area contributed by atoms with Crippen molar-refractivity contribution < 1.29 is 4.74 Å². The average molecular weight is 335 g/mol. The minimum Gasteiger partial charge on any atom is -0.494 e. The third kappa shape index (κ3) is 3.39. The van der Waals surface area contributed by atoms with Crippen LogP contribution in [0.4, 0.5) is 0 Å². The van der Waals surface area contributed by atoms with E-state index in [0.717, 1.165) is 21.3 Å². The van der Waals surface area contributed by atoms with Gasteiger partial charge in [0, 0.05) is 4.47 Å². The van der Waals surface area contributed by atoms with Crippen LogP contribution in [0.5, 0.6) is 5.75 Å². The maximum atomic E-state index is 5.76. The number of benzene rings is 2. The van der Waals surface area contributed by atoms with Crippen molar-refractivity contribution in [3.8, 4) is 5.75 Å². The largest absolute Gasteiger partial charge is 0.494 e. The van der Waals surface area contributed by atoms with Crippen LogP contribution in [-0.2, 0) is 0 Å². The fourth-order valence-electron chi connectivity index (χ4n) is 2.21. The van der Waals surface area contributed by atoms with Crippen molar-refractivity contribution >= 4 is 15.9 Å². The zero-order chi connectivity index (χ0) is 14.5. The van der Waals surface area contributed by atoms with Gasteiger partial charge >= 0.3 is 0 Å². The molecule has 3 nitrogen and oxygen atoms in total. The summed E-state index contributed by atoms with van der Waals surface area (Å²) in [5.74, 6) is 6.63. The summed E-state index contributed by atoms with van der Waals surface area (Å²) in [6.07, 6.45) is 0. The van der Waals surface area contributed by atoms with Gasteiger partial charge in [0.25, 0.3) is 0 Å². The number of hydrogen-bond donors (Lipinski definition) is 2. The highest BCUT2D eigenvalue weighted by Crippen LogP contribution is 2.28. The highest BCUT2D eigenvalue weighted by molar-refractivity contribution is 9.10. The molecule has 20 heavy (non-hydrogen) atoms. The van der Waals surface area contributed by atoms with E-state index < -0.39 is 0 Å². The van der Waals surface area contributed by atoms with E-state index in [2.05, 4.69) is 40.4 Å². The first kappa shape index (κ1) is 15.0. The van der Waals surface area contributed by atoms with Gasteiger partial charge in [0.15, 0.2) is 0 Å². The number of rotatable bonds is 5. The molecule has 0 aliphatic heterocycles. The minimum absolute atomic E-state index is 0.0387. The third-order valence-electron chi connectivity index (χ3n) is 3.24. The Bertz CT molecular complexity index is 569. The Balaban J connectivity index is 2.34. The second-order valence-electron chi connectivity index (χ2n) is 4.60. The van der Waals surface area contributed by atoms with Gasteiger partial charge in [-0.25, -0.2) is 5.43 Å². The average Bonchev–Trinajstić information content (AvgIpc) is 2.45. The monoisotopic (exact) mass is 334 g/mol. The number of nitrogens with one attached hydrogen (secondary N) is 1. The van der Waals surface area contributed by atoms with E-state index in [4.69, 9.17) is 10.6 Å². The summed E-state index contributed by atoms with van der Waals surface area (Å²) in [4.78, 5) is 0. The first-order valence-corrected chi connectivity index (χ1v) is 7.40. The number of aryl methyl sites for hydroxylation is 1. The molecule has 1 unspecified atom stereocenters. The number of hydrogen-bond acceptors (Lipinski definition) is 3. The van der Waals surface area contributed by atoms with Crippen molar-refractivity contribution in [3.05, 3.63) is 63.6 Å². The Morgan fingerprint density at radius 2 is 1.90 bits per heavy atom. The summed E-state index contributed by atoms with van der Waals surface area (Å²) >= 11 is 3.51. The molecule has 0 heterocycles. The Morgan fingerprint density at radius 3 is 2.50 bits per heavy atom. The Labute approximate surface area is 128 Å². The van der Waals surface area contributed by atoms with E-state index in [9.17, 15) is 0 Å². The van der Waals surface area contributed by atoms with Gasteiger partial charge in [-0.1, -0.05) is 34.1 Å². The molecule has 0 fully saturated rings. The third-order valence-corrected chi connectivity index (χ3v) is 3.74. The van der Waals surface area contributed by atoms with E-state index >= 15 is 0 Å². The first-order valence-electron chi connectivity index (χ1n) is 6.60. The number of nitrogens with two attached hydrogens (primary N) is 1. The molecule has 0 aliphatic rings. The van der Waals surface area contributed by atoms with Crippen molar-refractivity contribution in [1.29, 1.82) is 0 Å². The summed E-state index contributed by atoms with van der Waals surface area (Å²) in [7, 11) is 0. The van der Waals surface area contributed by atoms with Crippen LogP contribution in [0, 0.1) is 6.92 Å².